The van der Waals surface area contributed by atoms with E-state index < -0.39 is 7.12 Å². The van der Waals surface area contributed by atoms with Crippen LogP contribution in [0, 0.1) is 0 Å². The van der Waals surface area contributed by atoms with Crippen molar-refractivity contribution in [2.45, 2.75) is 10.9 Å². The summed E-state index contributed by atoms with van der Waals surface area (Å²) in [5.74, 6) is 0.922. The number of ether oxygens (including phenoxy) is 1. The second kappa shape index (κ2) is 6.56. The van der Waals surface area contributed by atoms with Gasteiger partial charge in [0.25, 0.3) is 0 Å². The minimum absolute atomic E-state index is 0.159. The number of rotatable bonds is 5. The van der Waals surface area contributed by atoms with E-state index in [1.54, 1.807) is 0 Å². The van der Waals surface area contributed by atoms with Gasteiger partial charge in [-0.15, -0.1) is 0 Å². The number of nitrogens with zero attached hydrogens (tertiary/aromatic N) is 2. The van der Waals surface area contributed by atoms with Crippen molar-refractivity contribution in [2.75, 3.05) is 7.11 Å². The summed E-state index contributed by atoms with van der Waals surface area (Å²) < 4.78 is 5.01. The van der Waals surface area contributed by atoms with E-state index in [4.69, 9.17) is 14.8 Å². The van der Waals surface area contributed by atoms with Crippen LogP contribution in [0.5, 0.6) is 5.88 Å². The number of aromatic nitrogens is 2. The molecule has 0 saturated heterocycles. The lowest BCUT2D eigenvalue weighted by Crippen LogP contribution is -2.32. The van der Waals surface area contributed by atoms with Crippen LogP contribution < -0.4 is 10.2 Å². The van der Waals surface area contributed by atoms with Crippen LogP contribution in [0.3, 0.4) is 0 Å². The van der Waals surface area contributed by atoms with Crippen molar-refractivity contribution in [1.82, 2.24) is 9.97 Å². The molecule has 0 aliphatic rings. The van der Waals surface area contributed by atoms with Gasteiger partial charge < -0.3 is 14.8 Å². The zero-order valence-electron chi connectivity index (χ0n) is 10.4. The Morgan fingerprint density at radius 3 is 2.63 bits per heavy atom. The minimum Gasteiger partial charge on any atom is -0.481 e. The van der Waals surface area contributed by atoms with Crippen LogP contribution in [0.2, 0.25) is 0 Å². The molecule has 1 aromatic carbocycles. The van der Waals surface area contributed by atoms with Gasteiger partial charge in [0, 0.05) is 11.9 Å². The molecule has 0 amide bonds. The first-order chi connectivity index (χ1) is 9.20. The monoisotopic (exact) mass is 276 g/mol. The Balaban J connectivity index is 2.09. The molecule has 7 heteroatoms. The molecule has 0 radical (unpaired) electrons. The fourth-order valence-corrected chi connectivity index (χ4v) is 2.26. The van der Waals surface area contributed by atoms with E-state index in [0.717, 1.165) is 5.75 Å². The van der Waals surface area contributed by atoms with Crippen molar-refractivity contribution >= 4 is 24.3 Å². The first-order valence-corrected chi connectivity index (χ1v) is 6.63. The molecule has 0 bridgehead atoms. The number of thioether (sulfide) groups is 1. The van der Waals surface area contributed by atoms with Gasteiger partial charge in [0.2, 0.25) is 5.88 Å². The van der Waals surface area contributed by atoms with Gasteiger partial charge >= 0.3 is 7.12 Å². The SMILES string of the molecule is COc1nc(SCc2ccccc2)ncc1B(O)O. The second-order valence-electron chi connectivity index (χ2n) is 3.77. The van der Waals surface area contributed by atoms with Crippen LogP contribution >= 0.6 is 11.8 Å². The normalized spacial score (nSPS) is 10.3. The molecular weight excluding hydrogens is 263 g/mol. The van der Waals surface area contributed by atoms with E-state index in [0.29, 0.717) is 5.16 Å². The number of hydrogen-bond acceptors (Lipinski definition) is 6. The molecular formula is C12H13BN2O3S. The third-order valence-corrected chi connectivity index (χ3v) is 3.37. The van der Waals surface area contributed by atoms with E-state index in [1.165, 1.54) is 30.6 Å². The van der Waals surface area contributed by atoms with Gasteiger partial charge in [0.15, 0.2) is 5.16 Å². The molecule has 19 heavy (non-hydrogen) atoms. The molecule has 2 rings (SSSR count). The van der Waals surface area contributed by atoms with Crippen molar-refractivity contribution in [2.24, 2.45) is 0 Å². The predicted molar refractivity (Wildman–Crippen MR) is 74.4 cm³/mol. The largest absolute Gasteiger partial charge is 0.495 e. The van der Waals surface area contributed by atoms with E-state index in [9.17, 15) is 0 Å². The van der Waals surface area contributed by atoms with Crippen LogP contribution in [0.25, 0.3) is 0 Å². The highest BCUT2D eigenvalue weighted by atomic mass is 32.2. The molecule has 0 unspecified atom stereocenters. The zero-order chi connectivity index (χ0) is 13.7. The van der Waals surface area contributed by atoms with Crippen LogP contribution in [-0.2, 0) is 5.75 Å². The van der Waals surface area contributed by atoms with Gasteiger partial charge in [-0.2, -0.15) is 4.98 Å². The van der Waals surface area contributed by atoms with E-state index in [2.05, 4.69) is 9.97 Å². The molecule has 98 valence electrons. The lowest BCUT2D eigenvalue weighted by molar-refractivity contribution is 0.386. The molecule has 0 fully saturated rings. The average molecular weight is 276 g/mol. The summed E-state index contributed by atoms with van der Waals surface area (Å²) in [6.45, 7) is 0. The molecule has 5 nitrogen and oxygen atoms in total. The van der Waals surface area contributed by atoms with Crippen molar-refractivity contribution < 1.29 is 14.8 Å². The summed E-state index contributed by atoms with van der Waals surface area (Å²) in [6.07, 6.45) is 1.36. The number of methoxy groups -OCH3 is 1. The molecule has 0 aliphatic carbocycles. The average Bonchev–Trinajstić information content (AvgIpc) is 2.45. The van der Waals surface area contributed by atoms with Crippen molar-refractivity contribution in [1.29, 1.82) is 0 Å². The Kier molecular flexibility index (Phi) is 4.78. The fourth-order valence-electron chi connectivity index (χ4n) is 1.49. The Labute approximate surface area is 115 Å². The van der Waals surface area contributed by atoms with Gasteiger partial charge in [-0.05, 0) is 5.56 Å². The summed E-state index contributed by atoms with van der Waals surface area (Å²) in [4.78, 5) is 8.21. The van der Waals surface area contributed by atoms with Crippen LogP contribution in [0.1, 0.15) is 5.56 Å². The summed E-state index contributed by atoms with van der Waals surface area (Å²) in [6, 6.07) is 9.96. The standard InChI is InChI=1S/C12H13BN2O3S/c1-18-11-10(13(16)17)7-14-12(15-11)19-8-9-5-3-2-4-6-9/h2-7,16-17H,8H2,1H3. The Bertz CT molecular complexity index is 540. The van der Waals surface area contributed by atoms with Gasteiger partial charge in [-0.1, -0.05) is 42.1 Å². The number of hydrogen-bond donors (Lipinski definition) is 2. The molecule has 2 aromatic rings. The van der Waals surface area contributed by atoms with Crippen LogP contribution in [0.4, 0.5) is 0 Å². The third kappa shape index (κ3) is 3.70. The van der Waals surface area contributed by atoms with Crippen molar-refractivity contribution in [3.05, 3.63) is 42.1 Å². The summed E-state index contributed by atoms with van der Waals surface area (Å²) in [5, 5.41) is 18.8. The summed E-state index contributed by atoms with van der Waals surface area (Å²) in [5.41, 5.74) is 1.33. The Hall–Kier alpha value is -1.57. The van der Waals surface area contributed by atoms with E-state index in [1.807, 2.05) is 30.3 Å². The maximum atomic E-state index is 9.12. The molecule has 2 N–H and O–H groups in total. The number of benzene rings is 1. The summed E-state index contributed by atoms with van der Waals surface area (Å²) in [7, 11) is -0.206. The lowest BCUT2D eigenvalue weighted by atomic mass is 9.82. The van der Waals surface area contributed by atoms with Crippen molar-refractivity contribution in [3.63, 3.8) is 0 Å². The van der Waals surface area contributed by atoms with Gasteiger partial charge in [0.1, 0.15) is 0 Å². The van der Waals surface area contributed by atoms with Gasteiger partial charge in [-0.25, -0.2) is 4.98 Å². The Morgan fingerprint density at radius 1 is 1.26 bits per heavy atom. The van der Waals surface area contributed by atoms with Crippen molar-refractivity contribution in [3.8, 4) is 5.88 Å². The van der Waals surface area contributed by atoms with E-state index >= 15 is 0 Å². The fraction of sp³-hybridized carbons (Fsp3) is 0.167. The molecule has 0 aliphatic heterocycles. The maximum Gasteiger partial charge on any atom is 0.495 e. The van der Waals surface area contributed by atoms with Gasteiger partial charge in [0.05, 0.1) is 12.6 Å². The Morgan fingerprint density at radius 2 is 2.00 bits per heavy atom. The molecule has 0 saturated carbocycles. The van der Waals surface area contributed by atoms with Crippen LogP contribution in [0.15, 0.2) is 41.7 Å². The smallest absolute Gasteiger partial charge is 0.481 e. The van der Waals surface area contributed by atoms with E-state index in [-0.39, 0.29) is 11.3 Å². The minimum atomic E-state index is -1.64. The summed E-state index contributed by atoms with van der Waals surface area (Å²) >= 11 is 1.46. The molecule has 0 spiro atoms. The first kappa shape index (κ1) is 13.9. The topological polar surface area (TPSA) is 75.5 Å². The lowest BCUT2D eigenvalue weighted by Gasteiger charge is -2.07. The highest BCUT2D eigenvalue weighted by molar-refractivity contribution is 7.98. The molecule has 1 aromatic heterocycles. The molecule has 1 heterocycles. The molecule has 0 atom stereocenters. The maximum absolute atomic E-state index is 9.12. The third-order valence-electron chi connectivity index (χ3n) is 2.44. The first-order valence-electron chi connectivity index (χ1n) is 5.64. The predicted octanol–water partition coefficient (Wildman–Crippen LogP) is 0.457. The van der Waals surface area contributed by atoms with Gasteiger partial charge in [-0.3, -0.25) is 0 Å². The quantitative estimate of drug-likeness (QED) is 0.469. The highest BCUT2D eigenvalue weighted by Crippen LogP contribution is 2.19. The zero-order valence-corrected chi connectivity index (χ0v) is 11.2. The second-order valence-corrected chi connectivity index (χ2v) is 4.71. The highest BCUT2D eigenvalue weighted by Gasteiger charge is 2.19. The van der Waals surface area contributed by atoms with Crippen LogP contribution in [-0.4, -0.2) is 34.2 Å².